The van der Waals surface area contributed by atoms with Gasteiger partial charge in [0.05, 0.1) is 0 Å². The summed E-state index contributed by atoms with van der Waals surface area (Å²) in [5.41, 5.74) is 12.6. The predicted molar refractivity (Wildman–Crippen MR) is 187 cm³/mol. The van der Waals surface area contributed by atoms with E-state index >= 15 is 0 Å². The molecule has 9 aromatic rings. The third kappa shape index (κ3) is 4.37. The maximum atomic E-state index is 6.37. The second-order valence-corrected chi connectivity index (χ2v) is 11.4. The molecule has 0 amide bonds. The number of benzene rings is 7. The van der Waals surface area contributed by atoms with E-state index in [1.165, 1.54) is 5.56 Å². The Balaban J connectivity index is 0.983. The molecule has 0 saturated carbocycles. The first-order chi connectivity index (χ1) is 22.3. The van der Waals surface area contributed by atoms with Crippen molar-refractivity contribution in [2.75, 3.05) is 5.32 Å². The van der Waals surface area contributed by atoms with Gasteiger partial charge in [0.1, 0.15) is 22.3 Å². The Kier molecular flexibility index (Phi) is 5.82. The number of hydrogen-bond acceptors (Lipinski definition) is 3. The minimum Gasteiger partial charge on any atom is -0.456 e. The molecule has 2 heterocycles. The Hall–Kier alpha value is -6.06. The molecule has 212 valence electrons. The van der Waals surface area contributed by atoms with Crippen LogP contribution < -0.4 is 5.32 Å². The molecule has 1 N–H and O–H groups in total. The van der Waals surface area contributed by atoms with E-state index in [1.807, 2.05) is 24.3 Å². The van der Waals surface area contributed by atoms with Gasteiger partial charge in [0, 0.05) is 38.5 Å². The van der Waals surface area contributed by atoms with Crippen molar-refractivity contribution in [2.45, 2.75) is 0 Å². The lowest BCUT2D eigenvalue weighted by atomic mass is 9.99. The highest BCUT2D eigenvalue weighted by Crippen LogP contribution is 2.39. The molecule has 3 nitrogen and oxygen atoms in total. The lowest BCUT2D eigenvalue weighted by molar-refractivity contribution is 0.669. The van der Waals surface area contributed by atoms with Crippen LogP contribution in [-0.2, 0) is 0 Å². The van der Waals surface area contributed by atoms with Crippen LogP contribution in [-0.4, -0.2) is 0 Å². The van der Waals surface area contributed by atoms with Gasteiger partial charge in [-0.15, -0.1) is 0 Å². The highest BCUT2D eigenvalue weighted by molar-refractivity contribution is 6.12. The molecule has 0 aliphatic carbocycles. The summed E-state index contributed by atoms with van der Waals surface area (Å²) in [7, 11) is 0. The molecule has 0 fully saturated rings. The Bertz CT molecular complexity index is 2480. The van der Waals surface area contributed by atoms with Gasteiger partial charge in [-0.2, -0.15) is 0 Å². The molecule has 2 aromatic heterocycles. The second-order valence-electron chi connectivity index (χ2n) is 11.4. The topological polar surface area (TPSA) is 38.3 Å². The third-order valence-corrected chi connectivity index (χ3v) is 8.69. The van der Waals surface area contributed by atoms with Crippen LogP contribution in [0.2, 0.25) is 0 Å². The van der Waals surface area contributed by atoms with Crippen molar-refractivity contribution in [3.63, 3.8) is 0 Å². The molecule has 0 atom stereocenters. The summed E-state index contributed by atoms with van der Waals surface area (Å²) in [5, 5.41) is 8.12. The molecule has 0 aliphatic heterocycles. The van der Waals surface area contributed by atoms with Crippen molar-refractivity contribution < 1.29 is 8.83 Å². The average Bonchev–Trinajstić information content (AvgIpc) is 3.68. The van der Waals surface area contributed by atoms with Crippen LogP contribution in [0.1, 0.15) is 0 Å². The van der Waals surface area contributed by atoms with Crippen LogP contribution >= 0.6 is 0 Å². The molecular formula is C42H27NO2. The number of nitrogens with one attached hydrogen (secondary N) is 1. The zero-order chi connectivity index (χ0) is 29.7. The minimum absolute atomic E-state index is 0.899. The monoisotopic (exact) mass is 577 g/mol. The van der Waals surface area contributed by atoms with Gasteiger partial charge in [-0.05, 0) is 76.3 Å². The fourth-order valence-electron chi connectivity index (χ4n) is 6.48. The lowest BCUT2D eigenvalue weighted by Gasteiger charge is -2.10. The van der Waals surface area contributed by atoms with Gasteiger partial charge in [-0.25, -0.2) is 0 Å². The number of fused-ring (bicyclic) bond motifs is 6. The van der Waals surface area contributed by atoms with E-state index < -0.39 is 0 Å². The van der Waals surface area contributed by atoms with Crippen molar-refractivity contribution in [1.29, 1.82) is 0 Å². The molecule has 0 radical (unpaired) electrons. The standard InChI is InChI=1S/C42H27NO2/c1-2-8-28(9-3-1)34-12-6-13-35-37-26-30(20-25-39(37)45-42(34)35)27-16-21-31(22-17-27)43-32-23-18-29(19-24-32)33-11-7-15-40-41(33)36-10-4-5-14-38(36)44-40/h1-26,43H. The molecule has 0 saturated heterocycles. The van der Waals surface area contributed by atoms with E-state index in [9.17, 15) is 0 Å². The van der Waals surface area contributed by atoms with Gasteiger partial charge >= 0.3 is 0 Å². The largest absolute Gasteiger partial charge is 0.456 e. The van der Waals surface area contributed by atoms with E-state index in [0.717, 1.165) is 83.1 Å². The maximum Gasteiger partial charge on any atom is 0.143 e. The first-order valence-electron chi connectivity index (χ1n) is 15.2. The van der Waals surface area contributed by atoms with Gasteiger partial charge in [-0.1, -0.05) is 109 Å². The molecule has 3 heteroatoms. The first kappa shape index (κ1) is 25.4. The van der Waals surface area contributed by atoms with Crippen LogP contribution in [0.25, 0.3) is 77.3 Å². The molecule has 0 bridgehead atoms. The van der Waals surface area contributed by atoms with Crippen molar-refractivity contribution in [3.05, 3.63) is 158 Å². The Labute approximate surface area is 260 Å². The normalized spacial score (nSPS) is 11.6. The smallest absolute Gasteiger partial charge is 0.143 e. The Morgan fingerprint density at radius 2 is 0.956 bits per heavy atom. The van der Waals surface area contributed by atoms with Crippen molar-refractivity contribution in [1.82, 2.24) is 0 Å². The maximum absolute atomic E-state index is 6.37. The summed E-state index contributed by atoms with van der Waals surface area (Å²) in [6.07, 6.45) is 0. The molecule has 9 rings (SSSR count). The summed E-state index contributed by atoms with van der Waals surface area (Å²) >= 11 is 0. The van der Waals surface area contributed by atoms with Gasteiger partial charge < -0.3 is 14.2 Å². The number of para-hydroxylation sites is 2. The highest BCUT2D eigenvalue weighted by atomic mass is 16.3. The summed E-state index contributed by atoms with van der Waals surface area (Å²) in [6, 6.07) is 54.9. The Morgan fingerprint density at radius 3 is 1.78 bits per heavy atom. The summed E-state index contributed by atoms with van der Waals surface area (Å²) in [6.45, 7) is 0. The van der Waals surface area contributed by atoms with Gasteiger partial charge in [0.25, 0.3) is 0 Å². The van der Waals surface area contributed by atoms with Crippen LogP contribution in [0.3, 0.4) is 0 Å². The van der Waals surface area contributed by atoms with E-state index in [1.54, 1.807) is 0 Å². The van der Waals surface area contributed by atoms with Gasteiger partial charge in [0.2, 0.25) is 0 Å². The van der Waals surface area contributed by atoms with Crippen LogP contribution in [0, 0.1) is 0 Å². The molecule has 7 aromatic carbocycles. The van der Waals surface area contributed by atoms with E-state index in [4.69, 9.17) is 8.83 Å². The molecular weight excluding hydrogens is 550 g/mol. The van der Waals surface area contributed by atoms with Crippen LogP contribution in [0.5, 0.6) is 0 Å². The fraction of sp³-hybridized carbons (Fsp3) is 0. The summed E-state index contributed by atoms with van der Waals surface area (Å²) < 4.78 is 12.5. The zero-order valence-corrected chi connectivity index (χ0v) is 24.3. The lowest BCUT2D eigenvalue weighted by Crippen LogP contribution is -1.90. The summed E-state index contributed by atoms with van der Waals surface area (Å²) in [4.78, 5) is 0. The molecule has 45 heavy (non-hydrogen) atoms. The van der Waals surface area contributed by atoms with Gasteiger partial charge in [0.15, 0.2) is 0 Å². The van der Waals surface area contributed by atoms with Crippen molar-refractivity contribution >= 4 is 55.3 Å². The average molecular weight is 578 g/mol. The zero-order valence-electron chi connectivity index (χ0n) is 24.3. The predicted octanol–water partition coefficient (Wildman–Crippen LogP) is 12.2. The highest BCUT2D eigenvalue weighted by Gasteiger charge is 2.14. The number of rotatable bonds is 5. The first-order valence-corrected chi connectivity index (χ1v) is 15.2. The quantitative estimate of drug-likeness (QED) is 0.221. The number of anilines is 2. The molecule has 0 unspecified atom stereocenters. The molecule has 0 spiro atoms. The van der Waals surface area contributed by atoms with E-state index in [-0.39, 0.29) is 0 Å². The number of hydrogen-bond donors (Lipinski definition) is 1. The van der Waals surface area contributed by atoms with Crippen LogP contribution in [0.15, 0.2) is 167 Å². The fourth-order valence-corrected chi connectivity index (χ4v) is 6.48. The second kappa shape index (κ2) is 10.3. The van der Waals surface area contributed by atoms with Crippen molar-refractivity contribution in [2.24, 2.45) is 0 Å². The van der Waals surface area contributed by atoms with Crippen LogP contribution in [0.4, 0.5) is 11.4 Å². The molecule has 0 aliphatic rings. The van der Waals surface area contributed by atoms with E-state index in [0.29, 0.717) is 0 Å². The third-order valence-electron chi connectivity index (χ3n) is 8.69. The number of furan rings is 2. The van der Waals surface area contributed by atoms with Crippen molar-refractivity contribution in [3.8, 4) is 33.4 Å². The minimum atomic E-state index is 0.899. The SMILES string of the molecule is c1ccc(-c2cccc3c2oc2ccc(-c4ccc(Nc5ccc(-c6cccc7oc8ccccc8c67)cc5)cc4)cc23)cc1. The Morgan fingerprint density at radius 1 is 0.356 bits per heavy atom. The summed E-state index contributed by atoms with van der Waals surface area (Å²) in [5.74, 6) is 0. The van der Waals surface area contributed by atoms with E-state index in [2.05, 4.69) is 139 Å². The van der Waals surface area contributed by atoms with Gasteiger partial charge in [-0.3, -0.25) is 0 Å².